The van der Waals surface area contributed by atoms with Crippen molar-refractivity contribution in [2.24, 2.45) is 0 Å². The molecule has 5 nitrogen and oxygen atoms in total. The average molecular weight is 377 g/mol. The van der Waals surface area contributed by atoms with E-state index >= 15 is 0 Å². The van der Waals surface area contributed by atoms with Crippen LogP contribution in [0.2, 0.25) is 4.34 Å². The van der Waals surface area contributed by atoms with E-state index in [0.717, 1.165) is 4.88 Å². The van der Waals surface area contributed by atoms with Crippen molar-refractivity contribution in [1.82, 2.24) is 9.72 Å². The Bertz CT molecular complexity index is 1100. The molecule has 0 saturated carbocycles. The molecule has 8 heteroatoms. The first-order valence-electron chi connectivity index (χ1n) is 7.24. The van der Waals surface area contributed by atoms with E-state index in [1.54, 1.807) is 22.8 Å². The van der Waals surface area contributed by atoms with Gasteiger partial charge in [-0.25, -0.2) is 9.18 Å². The molecule has 0 amide bonds. The van der Waals surface area contributed by atoms with Crippen molar-refractivity contribution in [2.45, 2.75) is 6.54 Å². The van der Waals surface area contributed by atoms with Crippen molar-refractivity contribution in [1.29, 1.82) is 0 Å². The molecule has 0 atom stereocenters. The number of carboxylic acid groups (broad SMARTS) is 1. The molecule has 0 unspecified atom stereocenters. The van der Waals surface area contributed by atoms with Gasteiger partial charge in [0.1, 0.15) is 17.2 Å². The van der Waals surface area contributed by atoms with Gasteiger partial charge in [-0.05, 0) is 36.4 Å². The summed E-state index contributed by atoms with van der Waals surface area (Å²) < 4.78 is 20.9. The summed E-state index contributed by atoms with van der Waals surface area (Å²) >= 11 is 7.29. The predicted octanol–water partition coefficient (Wildman–Crippen LogP) is 4.90. The molecule has 0 saturated heterocycles. The SMILES string of the molecule is O=C(O)c1cc2cc(F)ccc2n1Cc1cc(-c2ccc(Cl)s2)on1. The molecule has 0 fully saturated rings. The van der Waals surface area contributed by atoms with Crippen LogP contribution in [0.3, 0.4) is 0 Å². The zero-order chi connectivity index (χ0) is 17.6. The molecule has 0 spiro atoms. The first-order chi connectivity index (χ1) is 12.0. The lowest BCUT2D eigenvalue weighted by atomic mass is 10.2. The van der Waals surface area contributed by atoms with Gasteiger partial charge in [-0.2, -0.15) is 0 Å². The van der Waals surface area contributed by atoms with Crippen LogP contribution >= 0.6 is 22.9 Å². The number of halogens is 2. The molecule has 0 bridgehead atoms. The quantitative estimate of drug-likeness (QED) is 0.550. The van der Waals surface area contributed by atoms with Crippen LogP contribution in [0.5, 0.6) is 0 Å². The molecule has 0 aliphatic heterocycles. The van der Waals surface area contributed by atoms with E-state index < -0.39 is 11.8 Å². The number of hydrogen-bond donors (Lipinski definition) is 1. The summed E-state index contributed by atoms with van der Waals surface area (Å²) in [6, 6.07) is 10.9. The van der Waals surface area contributed by atoms with Crippen LogP contribution in [0, 0.1) is 5.82 Å². The van der Waals surface area contributed by atoms with Gasteiger partial charge in [-0.3, -0.25) is 0 Å². The Hall–Kier alpha value is -2.64. The van der Waals surface area contributed by atoms with Crippen molar-refractivity contribution in [3.05, 3.63) is 64.0 Å². The molecular formula is C17H10ClFN2O3S. The second-order valence-corrected chi connectivity index (χ2v) is 7.13. The third kappa shape index (κ3) is 2.92. The van der Waals surface area contributed by atoms with Gasteiger partial charge in [0.2, 0.25) is 0 Å². The second-order valence-electron chi connectivity index (χ2n) is 5.41. The Kier molecular flexibility index (Phi) is 3.82. The highest BCUT2D eigenvalue weighted by Crippen LogP contribution is 2.31. The van der Waals surface area contributed by atoms with Gasteiger partial charge in [0.05, 0.1) is 15.8 Å². The highest BCUT2D eigenvalue weighted by Gasteiger charge is 2.17. The number of nitrogens with zero attached hydrogens (tertiary/aromatic N) is 2. The molecule has 126 valence electrons. The molecule has 4 rings (SSSR count). The van der Waals surface area contributed by atoms with Crippen molar-refractivity contribution >= 4 is 39.8 Å². The summed E-state index contributed by atoms with van der Waals surface area (Å²) in [6.45, 7) is 0.194. The minimum Gasteiger partial charge on any atom is -0.477 e. The molecule has 3 aromatic heterocycles. The number of aromatic nitrogens is 2. The topological polar surface area (TPSA) is 68.3 Å². The van der Waals surface area contributed by atoms with E-state index in [0.29, 0.717) is 26.7 Å². The van der Waals surface area contributed by atoms with Gasteiger partial charge in [-0.15, -0.1) is 11.3 Å². The van der Waals surface area contributed by atoms with E-state index in [9.17, 15) is 14.3 Å². The predicted molar refractivity (Wildman–Crippen MR) is 92.8 cm³/mol. The van der Waals surface area contributed by atoms with E-state index in [2.05, 4.69) is 5.16 Å². The first kappa shape index (κ1) is 15.9. The third-order valence-electron chi connectivity index (χ3n) is 3.78. The smallest absolute Gasteiger partial charge is 0.352 e. The minimum absolute atomic E-state index is 0.0596. The van der Waals surface area contributed by atoms with Gasteiger partial charge < -0.3 is 14.2 Å². The van der Waals surface area contributed by atoms with Crippen molar-refractivity contribution in [3.8, 4) is 10.6 Å². The van der Waals surface area contributed by atoms with Crippen LogP contribution < -0.4 is 0 Å². The van der Waals surface area contributed by atoms with Crippen molar-refractivity contribution < 1.29 is 18.8 Å². The van der Waals surface area contributed by atoms with Crippen LogP contribution in [-0.2, 0) is 6.54 Å². The summed E-state index contributed by atoms with van der Waals surface area (Å²) in [7, 11) is 0. The lowest BCUT2D eigenvalue weighted by molar-refractivity contribution is 0.0686. The van der Waals surface area contributed by atoms with Crippen LogP contribution in [-0.4, -0.2) is 20.8 Å². The van der Waals surface area contributed by atoms with Crippen LogP contribution in [0.4, 0.5) is 4.39 Å². The molecule has 0 aliphatic carbocycles. The van der Waals surface area contributed by atoms with E-state index in [4.69, 9.17) is 16.1 Å². The Labute approximate surface area is 149 Å². The van der Waals surface area contributed by atoms with Crippen LogP contribution in [0.1, 0.15) is 16.2 Å². The number of carboxylic acids is 1. The Morgan fingerprint density at radius 3 is 2.84 bits per heavy atom. The Balaban J connectivity index is 1.74. The highest BCUT2D eigenvalue weighted by molar-refractivity contribution is 7.19. The fourth-order valence-corrected chi connectivity index (χ4v) is 3.69. The maximum Gasteiger partial charge on any atom is 0.352 e. The standard InChI is InChI=1S/C17H10ClFN2O3S/c18-16-4-3-15(25-16)14-7-11(20-24-14)8-21-12-2-1-10(19)5-9(12)6-13(21)17(22)23/h1-7H,8H2,(H,22,23). The van der Waals surface area contributed by atoms with E-state index in [-0.39, 0.29) is 12.2 Å². The first-order valence-corrected chi connectivity index (χ1v) is 8.44. The van der Waals surface area contributed by atoms with Crippen molar-refractivity contribution in [2.75, 3.05) is 0 Å². The molecular weight excluding hydrogens is 367 g/mol. The summed E-state index contributed by atoms with van der Waals surface area (Å²) in [6.07, 6.45) is 0. The lowest BCUT2D eigenvalue weighted by Crippen LogP contribution is -2.09. The number of aromatic carboxylic acids is 1. The molecule has 1 N–H and O–H groups in total. The molecule has 1 aromatic carbocycles. The molecule has 0 aliphatic rings. The molecule has 3 heterocycles. The monoisotopic (exact) mass is 376 g/mol. The molecule has 25 heavy (non-hydrogen) atoms. The maximum absolute atomic E-state index is 13.4. The fourth-order valence-electron chi connectivity index (χ4n) is 2.70. The zero-order valence-corrected chi connectivity index (χ0v) is 14.1. The fraction of sp³-hybridized carbons (Fsp3) is 0.0588. The summed E-state index contributed by atoms with van der Waals surface area (Å²) in [5.41, 5.74) is 1.23. The number of carbonyl (C=O) groups is 1. The third-order valence-corrected chi connectivity index (χ3v) is 5.02. The van der Waals surface area contributed by atoms with E-state index in [1.165, 1.54) is 29.5 Å². The maximum atomic E-state index is 13.4. The lowest BCUT2D eigenvalue weighted by Gasteiger charge is -2.05. The summed E-state index contributed by atoms with van der Waals surface area (Å²) in [5.74, 6) is -0.948. The van der Waals surface area contributed by atoms with Crippen LogP contribution in [0.15, 0.2) is 47.0 Å². The Morgan fingerprint density at radius 1 is 1.28 bits per heavy atom. The van der Waals surface area contributed by atoms with Gasteiger partial charge >= 0.3 is 5.97 Å². The van der Waals surface area contributed by atoms with Gasteiger partial charge in [0, 0.05) is 17.0 Å². The normalized spacial score (nSPS) is 11.3. The number of benzene rings is 1. The van der Waals surface area contributed by atoms with Gasteiger partial charge in [-0.1, -0.05) is 16.8 Å². The number of hydrogen-bond acceptors (Lipinski definition) is 4. The van der Waals surface area contributed by atoms with Crippen LogP contribution in [0.25, 0.3) is 21.5 Å². The van der Waals surface area contributed by atoms with Gasteiger partial charge in [0.25, 0.3) is 0 Å². The van der Waals surface area contributed by atoms with Crippen molar-refractivity contribution in [3.63, 3.8) is 0 Å². The van der Waals surface area contributed by atoms with E-state index in [1.807, 2.05) is 6.07 Å². The summed E-state index contributed by atoms with van der Waals surface area (Å²) in [5, 5.41) is 14.0. The van der Waals surface area contributed by atoms with Gasteiger partial charge in [0.15, 0.2) is 5.76 Å². The average Bonchev–Trinajstić information content (AvgIpc) is 3.26. The number of thiophene rings is 1. The highest BCUT2D eigenvalue weighted by atomic mass is 35.5. The summed E-state index contributed by atoms with van der Waals surface area (Å²) in [4.78, 5) is 12.4. The Morgan fingerprint density at radius 2 is 2.12 bits per heavy atom. The molecule has 4 aromatic rings. The zero-order valence-electron chi connectivity index (χ0n) is 12.6. The number of rotatable bonds is 4. The largest absolute Gasteiger partial charge is 0.477 e. The number of fused-ring (bicyclic) bond motifs is 1. The molecule has 0 radical (unpaired) electrons. The minimum atomic E-state index is -1.09. The second kappa shape index (κ2) is 6.02.